The number of carbonyl (C=O) groups is 2. The number of halogens is 1. The first-order valence-electron chi connectivity index (χ1n) is 8.54. The number of aryl methyl sites for hydroxylation is 1. The molecule has 2 aromatic heterocycles. The number of rotatable bonds is 8. The van der Waals surface area contributed by atoms with Crippen LogP contribution in [0.15, 0.2) is 49.5 Å². The van der Waals surface area contributed by atoms with Gasteiger partial charge in [-0.3, -0.25) is 14.9 Å². The van der Waals surface area contributed by atoms with Gasteiger partial charge in [-0.1, -0.05) is 20.4 Å². The average Bonchev–Trinajstić information content (AvgIpc) is 3.15. The molecule has 0 aliphatic heterocycles. The van der Waals surface area contributed by atoms with Crippen molar-refractivity contribution < 1.29 is 18.7 Å². The first kappa shape index (κ1) is 22.5. The van der Waals surface area contributed by atoms with Crippen molar-refractivity contribution >= 4 is 11.8 Å². The lowest BCUT2D eigenvalue weighted by molar-refractivity contribution is -0.120. The molecule has 0 radical (unpaired) electrons. The predicted molar refractivity (Wildman–Crippen MR) is 99.9 cm³/mol. The Labute approximate surface area is 162 Å². The molecule has 10 heteroatoms. The lowest BCUT2D eigenvalue weighted by atomic mass is 10.3. The third kappa shape index (κ3) is 6.63. The zero-order chi connectivity index (χ0) is 21.1. The van der Waals surface area contributed by atoms with Crippen LogP contribution in [0.5, 0.6) is 0 Å². The molecule has 0 atom stereocenters. The van der Waals surface area contributed by atoms with Crippen LogP contribution in [0.1, 0.15) is 37.1 Å². The summed E-state index contributed by atoms with van der Waals surface area (Å²) in [5.41, 5.74) is -0.0369. The zero-order valence-corrected chi connectivity index (χ0v) is 16.0. The third-order valence-corrected chi connectivity index (χ3v) is 3.16. The lowest BCUT2D eigenvalue weighted by Crippen LogP contribution is -2.29. The minimum absolute atomic E-state index is 0.0369. The summed E-state index contributed by atoms with van der Waals surface area (Å²) < 4.78 is 19.6. The van der Waals surface area contributed by atoms with Gasteiger partial charge in [0.1, 0.15) is 17.8 Å². The molecule has 0 saturated heterocycles. The minimum Gasteiger partial charge on any atom is -0.436 e. The molecule has 2 rings (SSSR count). The fourth-order valence-electron chi connectivity index (χ4n) is 1.86. The van der Waals surface area contributed by atoms with Crippen LogP contribution in [0.2, 0.25) is 0 Å². The van der Waals surface area contributed by atoms with Gasteiger partial charge in [-0.15, -0.1) is 10.2 Å². The van der Waals surface area contributed by atoms with Crippen LogP contribution in [0, 0.1) is 5.82 Å². The van der Waals surface area contributed by atoms with Gasteiger partial charge in [-0.05, 0) is 25.6 Å². The number of ether oxygens (including phenoxy) is 1. The minimum atomic E-state index is -0.667. The maximum absolute atomic E-state index is 12.8. The number of carbonyl (C=O) groups excluding carboxylic acids is 2. The van der Waals surface area contributed by atoms with Gasteiger partial charge in [0, 0.05) is 6.54 Å². The summed E-state index contributed by atoms with van der Waals surface area (Å²) in [6.45, 7) is 13.7. The summed E-state index contributed by atoms with van der Waals surface area (Å²) in [6, 6.07) is 2.29. The van der Waals surface area contributed by atoms with Crippen molar-refractivity contribution in [1.82, 2.24) is 30.4 Å². The van der Waals surface area contributed by atoms with Crippen LogP contribution < -0.4 is 10.6 Å². The Morgan fingerprint density at radius 3 is 2.61 bits per heavy atom. The molecule has 2 amide bonds. The van der Waals surface area contributed by atoms with Crippen LogP contribution in [0.3, 0.4) is 0 Å². The van der Waals surface area contributed by atoms with Crippen LogP contribution in [0.4, 0.5) is 4.39 Å². The van der Waals surface area contributed by atoms with Gasteiger partial charge in [0.2, 0.25) is 0 Å². The molecule has 150 valence electrons. The van der Waals surface area contributed by atoms with E-state index in [4.69, 9.17) is 4.74 Å². The van der Waals surface area contributed by atoms with Gasteiger partial charge >= 0.3 is 0 Å². The fourth-order valence-corrected chi connectivity index (χ4v) is 1.86. The number of amides is 2. The van der Waals surface area contributed by atoms with E-state index < -0.39 is 17.6 Å². The number of aromatic nitrogens is 4. The maximum atomic E-state index is 12.8. The number of nitrogens with zero attached hydrogens (tertiary/aromatic N) is 4. The summed E-state index contributed by atoms with van der Waals surface area (Å²) in [6.07, 6.45) is 2.45. The van der Waals surface area contributed by atoms with E-state index in [0.717, 1.165) is 12.3 Å². The number of pyridine rings is 1. The molecule has 0 aliphatic rings. The van der Waals surface area contributed by atoms with Crippen molar-refractivity contribution in [3.8, 4) is 0 Å². The van der Waals surface area contributed by atoms with Gasteiger partial charge in [0.25, 0.3) is 11.8 Å². The predicted octanol–water partition coefficient (Wildman–Crippen LogP) is 1.91. The fraction of sp³-hybridized carbons (Fsp3) is 0.278. The smallest absolute Gasteiger partial charge is 0.286 e. The second-order valence-corrected chi connectivity index (χ2v) is 4.98. The van der Waals surface area contributed by atoms with E-state index >= 15 is 0 Å². The zero-order valence-electron chi connectivity index (χ0n) is 16.0. The molecular formula is C18H23FN6O3. The van der Waals surface area contributed by atoms with Crippen LogP contribution >= 0.6 is 0 Å². The summed E-state index contributed by atoms with van der Waals surface area (Å²) in [4.78, 5) is 27.5. The molecule has 0 fully saturated rings. The highest BCUT2D eigenvalue weighted by molar-refractivity contribution is 5.93. The molecule has 0 spiro atoms. The number of nitrogens with one attached hydrogen (secondary N) is 2. The van der Waals surface area contributed by atoms with Crippen LogP contribution in [0.25, 0.3) is 0 Å². The quantitative estimate of drug-likeness (QED) is 0.526. The summed E-state index contributed by atoms with van der Waals surface area (Å²) in [5.74, 6) is -1.77. The normalized spacial score (nSPS) is 9.57. The Hall–Kier alpha value is -3.56. The summed E-state index contributed by atoms with van der Waals surface area (Å²) in [7, 11) is 0. The molecule has 0 aromatic carbocycles. The molecule has 28 heavy (non-hydrogen) atoms. The summed E-state index contributed by atoms with van der Waals surface area (Å²) >= 11 is 0. The second kappa shape index (κ2) is 11.2. The van der Waals surface area contributed by atoms with Crippen LogP contribution in [-0.2, 0) is 22.6 Å². The third-order valence-electron chi connectivity index (χ3n) is 3.16. The monoisotopic (exact) mass is 390 g/mol. The van der Waals surface area contributed by atoms with Gasteiger partial charge in [-0.2, -0.15) is 0 Å². The Bertz CT molecular complexity index is 832. The molecule has 2 aromatic rings. The van der Waals surface area contributed by atoms with E-state index in [1.807, 2.05) is 20.8 Å². The van der Waals surface area contributed by atoms with Crippen molar-refractivity contribution in [1.29, 1.82) is 0 Å². The van der Waals surface area contributed by atoms with Gasteiger partial charge in [0.05, 0.1) is 12.7 Å². The Morgan fingerprint density at radius 1 is 1.29 bits per heavy atom. The second-order valence-electron chi connectivity index (χ2n) is 4.98. The Morgan fingerprint density at radius 2 is 2.00 bits per heavy atom. The topological polar surface area (TPSA) is 111 Å². The van der Waals surface area contributed by atoms with Crippen LogP contribution in [-0.4, -0.2) is 31.6 Å². The van der Waals surface area contributed by atoms with Gasteiger partial charge in [0.15, 0.2) is 17.5 Å². The van der Waals surface area contributed by atoms with Crippen molar-refractivity contribution in [2.75, 3.05) is 0 Å². The van der Waals surface area contributed by atoms with Gasteiger partial charge < -0.3 is 14.6 Å². The van der Waals surface area contributed by atoms with E-state index in [1.54, 1.807) is 10.9 Å². The SMILES string of the molecule is C=C(NC(=O)c1ccc(F)cn1)OC(=C)C(=O)NCc1nncn1CC.CC. The van der Waals surface area contributed by atoms with E-state index in [-0.39, 0.29) is 23.9 Å². The maximum Gasteiger partial charge on any atom is 0.286 e. The molecule has 9 nitrogen and oxygen atoms in total. The largest absolute Gasteiger partial charge is 0.436 e. The molecular weight excluding hydrogens is 367 g/mol. The summed E-state index contributed by atoms with van der Waals surface area (Å²) in [5, 5.41) is 12.5. The first-order valence-corrected chi connectivity index (χ1v) is 8.54. The first-order chi connectivity index (χ1) is 13.4. The number of hydrogen-bond donors (Lipinski definition) is 2. The Balaban J connectivity index is 0.00000190. The lowest BCUT2D eigenvalue weighted by Gasteiger charge is -2.12. The molecule has 2 heterocycles. The van der Waals surface area contributed by atoms with E-state index in [9.17, 15) is 14.0 Å². The van der Waals surface area contributed by atoms with Crippen molar-refractivity contribution in [3.05, 3.63) is 66.8 Å². The molecule has 0 aliphatic carbocycles. The molecule has 0 bridgehead atoms. The average molecular weight is 390 g/mol. The number of hydrogen-bond acceptors (Lipinski definition) is 6. The van der Waals surface area contributed by atoms with Gasteiger partial charge in [-0.25, -0.2) is 9.37 Å². The highest BCUT2D eigenvalue weighted by Crippen LogP contribution is 2.04. The van der Waals surface area contributed by atoms with Crippen molar-refractivity contribution in [2.24, 2.45) is 0 Å². The Kier molecular flexibility index (Phi) is 9.01. The highest BCUT2D eigenvalue weighted by atomic mass is 19.1. The molecule has 0 saturated carbocycles. The standard InChI is InChI=1S/C16H17FN6O3.C2H6/c1-4-23-9-20-22-14(23)8-19-15(24)10(2)26-11(3)21-16(25)13-6-5-12(17)7-18-13;1-2/h5-7,9H,2-4,8H2,1H3,(H,19,24)(H,21,25);1-2H3. The van der Waals surface area contributed by atoms with E-state index in [1.165, 1.54) is 6.07 Å². The van der Waals surface area contributed by atoms with E-state index in [2.05, 4.69) is 39.0 Å². The van der Waals surface area contributed by atoms with E-state index in [0.29, 0.717) is 12.4 Å². The highest BCUT2D eigenvalue weighted by Gasteiger charge is 2.14. The van der Waals surface area contributed by atoms with Crippen molar-refractivity contribution in [2.45, 2.75) is 33.9 Å². The molecule has 2 N–H and O–H groups in total. The van der Waals surface area contributed by atoms with Crippen molar-refractivity contribution in [3.63, 3.8) is 0 Å². The molecule has 0 unspecified atom stereocenters.